The third-order valence-corrected chi connectivity index (χ3v) is 2.91. The molecule has 0 fully saturated rings. The van der Waals surface area contributed by atoms with Crippen molar-refractivity contribution in [2.45, 2.75) is 26.8 Å². The van der Waals surface area contributed by atoms with Gasteiger partial charge in [0, 0.05) is 12.1 Å². The summed E-state index contributed by atoms with van der Waals surface area (Å²) in [4.78, 5) is 11.0. The smallest absolute Gasteiger partial charge is 0.248 e. The first-order valence-corrected chi connectivity index (χ1v) is 6.43. The number of carbonyl (C=O) groups is 1. The summed E-state index contributed by atoms with van der Waals surface area (Å²) in [6, 6.07) is 6.58. The number of nitrogen functional groups attached to an aromatic ring is 1. The first-order valence-electron chi connectivity index (χ1n) is 6.43. The summed E-state index contributed by atoms with van der Waals surface area (Å²) in [7, 11) is 0. The maximum atomic E-state index is 11.0. The minimum absolute atomic E-state index is 0.434. The van der Waals surface area contributed by atoms with E-state index >= 15 is 0 Å². The molecule has 4 N–H and O–H groups in total. The lowest BCUT2D eigenvalue weighted by Crippen LogP contribution is -2.10. The lowest BCUT2D eigenvalue weighted by Gasteiger charge is -2.09. The minimum atomic E-state index is -0.470. The maximum Gasteiger partial charge on any atom is 0.248 e. The van der Waals surface area contributed by atoms with Crippen molar-refractivity contribution >= 4 is 11.6 Å². The molecule has 2 rings (SSSR count). The quantitative estimate of drug-likeness (QED) is 0.872. The van der Waals surface area contributed by atoms with Crippen molar-refractivity contribution in [3.63, 3.8) is 0 Å². The van der Waals surface area contributed by atoms with Gasteiger partial charge in [-0.25, -0.2) is 4.68 Å². The van der Waals surface area contributed by atoms with Crippen molar-refractivity contribution in [2.75, 3.05) is 5.73 Å². The van der Waals surface area contributed by atoms with Crippen LogP contribution in [-0.4, -0.2) is 15.7 Å². The number of primary amides is 1. The average Bonchev–Trinajstić information content (AvgIpc) is 2.68. The Bertz CT molecular complexity index is 617. The topological polar surface area (TPSA) is 96.2 Å². The number of anilines is 1. The van der Waals surface area contributed by atoms with E-state index in [2.05, 4.69) is 12.0 Å². The molecule has 106 valence electrons. The maximum absolute atomic E-state index is 11.0. The molecule has 2 aromatic rings. The van der Waals surface area contributed by atoms with Gasteiger partial charge in [0.15, 0.2) is 0 Å². The molecule has 0 saturated carbocycles. The van der Waals surface area contributed by atoms with E-state index in [0.717, 1.165) is 18.7 Å². The van der Waals surface area contributed by atoms with Crippen molar-refractivity contribution in [3.05, 3.63) is 35.5 Å². The molecule has 6 heteroatoms. The Balaban J connectivity index is 2.27. The fraction of sp³-hybridized carbons (Fsp3) is 0.286. The van der Waals surface area contributed by atoms with Gasteiger partial charge in [-0.15, -0.1) is 0 Å². The summed E-state index contributed by atoms with van der Waals surface area (Å²) in [6.07, 6.45) is 0.928. The van der Waals surface area contributed by atoms with E-state index in [0.29, 0.717) is 22.9 Å². The van der Waals surface area contributed by atoms with Crippen LogP contribution in [0.2, 0.25) is 0 Å². The van der Waals surface area contributed by atoms with Crippen molar-refractivity contribution < 1.29 is 9.53 Å². The highest BCUT2D eigenvalue weighted by molar-refractivity contribution is 5.92. The van der Waals surface area contributed by atoms with E-state index in [-0.39, 0.29) is 0 Å². The summed E-state index contributed by atoms with van der Waals surface area (Å²) >= 11 is 0. The Kier molecular flexibility index (Phi) is 3.93. The lowest BCUT2D eigenvalue weighted by atomic mass is 10.2. The fourth-order valence-corrected chi connectivity index (χ4v) is 1.84. The highest BCUT2D eigenvalue weighted by Crippen LogP contribution is 2.30. The van der Waals surface area contributed by atoms with Crippen LogP contribution in [0.25, 0.3) is 0 Å². The van der Waals surface area contributed by atoms with Crippen molar-refractivity contribution in [2.24, 2.45) is 5.73 Å². The predicted molar refractivity (Wildman–Crippen MR) is 76.7 cm³/mol. The van der Waals surface area contributed by atoms with E-state index in [1.54, 1.807) is 28.9 Å². The van der Waals surface area contributed by atoms with Crippen LogP contribution < -0.4 is 16.2 Å². The van der Waals surface area contributed by atoms with Gasteiger partial charge < -0.3 is 16.2 Å². The van der Waals surface area contributed by atoms with Gasteiger partial charge in [-0.1, -0.05) is 6.92 Å². The molecule has 0 unspecified atom stereocenters. The molecule has 1 aromatic heterocycles. The SMILES string of the molecule is CCCn1nc(C)c(N)c1Oc1ccc(C(N)=O)cc1. The zero-order valence-electron chi connectivity index (χ0n) is 11.6. The molecule has 20 heavy (non-hydrogen) atoms. The molecule has 0 radical (unpaired) electrons. The number of benzene rings is 1. The number of nitrogens with zero attached hydrogens (tertiary/aromatic N) is 2. The molecular formula is C14H18N4O2. The Morgan fingerprint density at radius 3 is 2.55 bits per heavy atom. The zero-order valence-corrected chi connectivity index (χ0v) is 11.6. The minimum Gasteiger partial charge on any atom is -0.437 e. The van der Waals surface area contributed by atoms with Gasteiger partial charge in [-0.05, 0) is 37.6 Å². The number of nitrogens with two attached hydrogens (primary N) is 2. The number of aromatic nitrogens is 2. The van der Waals surface area contributed by atoms with Crippen LogP contribution in [0.15, 0.2) is 24.3 Å². The van der Waals surface area contributed by atoms with Crippen LogP contribution in [0, 0.1) is 6.92 Å². The summed E-state index contributed by atoms with van der Waals surface area (Å²) in [6.45, 7) is 4.62. The van der Waals surface area contributed by atoms with E-state index in [9.17, 15) is 4.79 Å². The van der Waals surface area contributed by atoms with E-state index in [4.69, 9.17) is 16.2 Å². The van der Waals surface area contributed by atoms with Crippen LogP contribution in [0.5, 0.6) is 11.6 Å². The molecule has 1 heterocycles. The number of hydrogen-bond acceptors (Lipinski definition) is 4. The first kappa shape index (κ1) is 13.9. The molecular weight excluding hydrogens is 256 g/mol. The van der Waals surface area contributed by atoms with Gasteiger partial charge in [0.2, 0.25) is 11.8 Å². The summed E-state index contributed by atoms with van der Waals surface area (Å²) in [5, 5.41) is 4.33. The molecule has 0 atom stereocenters. The van der Waals surface area contributed by atoms with E-state index in [1.165, 1.54) is 0 Å². The second-order valence-electron chi connectivity index (χ2n) is 4.52. The largest absolute Gasteiger partial charge is 0.437 e. The summed E-state index contributed by atoms with van der Waals surface area (Å²) in [5.74, 6) is 0.637. The van der Waals surface area contributed by atoms with Crippen molar-refractivity contribution in [3.8, 4) is 11.6 Å². The predicted octanol–water partition coefficient (Wildman–Crippen LogP) is 2.07. The van der Waals surface area contributed by atoms with Crippen LogP contribution in [0.4, 0.5) is 5.69 Å². The number of rotatable bonds is 5. The standard InChI is InChI=1S/C14H18N4O2/c1-3-8-18-14(12(15)9(2)17-18)20-11-6-4-10(5-7-11)13(16)19/h4-7H,3,8,15H2,1-2H3,(H2,16,19). The average molecular weight is 274 g/mol. The van der Waals surface area contributed by atoms with Crippen LogP contribution >= 0.6 is 0 Å². The number of aryl methyl sites for hydroxylation is 2. The van der Waals surface area contributed by atoms with Gasteiger partial charge in [0.25, 0.3) is 0 Å². The molecule has 1 aromatic carbocycles. The molecule has 6 nitrogen and oxygen atoms in total. The highest BCUT2D eigenvalue weighted by atomic mass is 16.5. The summed E-state index contributed by atoms with van der Waals surface area (Å²) < 4.78 is 7.51. The Hall–Kier alpha value is -2.50. The fourth-order valence-electron chi connectivity index (χ4n) is 1.84. The van der Waals surface area contributed by atoms with Gasteiger partial charge in [0.05, 0.1) is 5.69 Å². The normalized spacial score (nSPS) is 10.5. The molecule has 1 amide bonds. The number of carbonyl (C=O) groups excluding carboxylic acids is 1. The summed E-state index contributed by atoms with van der Waals surface area (Å²) in [5.41, 5.74) is 12.9. The van der Waals surface area contributed by atoms with Crippen LogP contribution in [0.3, 0.4) is 0 Å². The Labute approximate surface area is 117 Å². The number of amides is 1. The molecule has 0 spiro atoms. The number of hydrogen-bond donors (Lipinski definition) is 2. The van der Waals surface area contributed by atoms with Gasteiger partial charge >= 0.3 is 0 Å². The third kappa shape index (κ3) is 2.74. The molecule has 0 saturated heterocycles. The third-order valence-electron chi connectivity index (χ3n) is 2.91. The zero-order chi connectivity index (χ0) is 14.7. The molecule has 0 bridgehead atoms. The Morgan fingerprint density at radius 1 is 1.35 bits per heavy atom. The highest BCUT2D eigenvalue weighted by Gasteiger charge is 2.14. The number of ether oxygens (including phenoxy) is 1. The van der Waals surface area contributed by atoms with Gasteiger partial charge in [-0.3, -0.25) is 4.79 Å². The molecule has 0 aliphatic rings. The van der Waals surface area contributed by atoms with Gasteiger partial charge in [0.1, 0.15) is 11.4 Å². The second kappa shape index (κ2) is 5.64. The molecule has 0 aliphatic heterocycles. The monoisotopic (exact) mass is 274 g/mol. The Morgan fingerprint density at radius 2 is 2.00 bits per heavy atom. The van der Waals surface area contributed by atoms with Crippen molar-refractivity contribution in [1.29, 1.82) is 0 Å². The van der Waals surface area contributed by atoms with E-state index in [1.807, 2.05) is 6.92 Å². The first-order chi connectivity index (χ1) is 9.52. The lowest BCUT2D eigenvalue weighted by molar-refractivity contribution is 0.100. The van der Waals surface area contributed by atoms with Crippen LogP contribution in [-0.2, 0) is 6.54 Å². The van der Waals surface area contributed by atoms with Crippen LogP contribution in [0.1, 0.15) is 29.4 Å². The van der Waals surface area contributed by atoms with Gasteiger partial charge in [-0.2, -0.15) is 5.10 Å². The van der Waals surface area contributed by atoms with Crippen molar-refractivity contribution in [1.82, 2.24) is 9.78 Å². The second-order valence-corrected chi connectivity index (χ2v) is 4.52. The molecule has 0 aliphatic carbocycles. The van der Waals surface area contributed by atoms with E-state index < -0.39 is 5.91 Å².